The van der Waals surface area contributed by atoms with Gasteiger partial charge in [-0.1, -0.05) is 31.2 Å². The Bertz CT molecular complexity index is 722. The summed E-state index contributed by atoms with van der Waals surface area (Å²) in [5.74, 6) is 1.62. The van der Waals surface area contributed by atoms with Gasteiger partial charge in [0.25, 0.3) is 5.91 Å². The van der Waals surface area contributed by atoms with E-state index >= 15 is 0 Å². The highest BCUT2D eigenvalue weighted by molar-refractivity contribution is 5.81. The van der Waals surface area contributed by atoms with Crippen molar-refractivity contribution in [1.82, 2.24) is 5.32 Å². The van der Waals surface area contributed by atoms with Crippen LogP contribution in [0.25, 0.3) is 0 Å². The minimum atomic E-state index is -0.470. The molecule has 1 N–H and O–H groups in total. The smallest absolute Gasteiger partial charge is 0.261 e. The van der Waals surface area contributed by atoms with Crippen LogP contribution in [-0.2, 0) is 11.2 Å². The van der Waals surface area contributed by atoms with Gasteiger partial charge in [-0.25, -0.2) is 0 Å². The summed E-state index contributed by atoms with van der Waals surface area (Å²) in [4.78, 5) is 12.5. The summed E-state index contributed by atoms with van der Waals surface area (Å²) in [5, 5.41) is 3.00. The van der Waals surface area contributed by atoms with E-state index in [1.165, 1.54) is 5.56 Å². The second-order valence-corrected chi connectivity index (χ2v) is 6.77. The van der Waals surface area contributed by atoms with E-state index < -0.39 is 6.10 Å². The number of para-hydroxylation sites is 1. The summed E-state index contributed by atoms with van der Waals surface area (Å²) < 4.78 is 11.6. The maximum atomic E-state index is 12.5. The topological polar surface area (TPSA) is 47.6 Å². The molecule has 0 aliphatic carbocycles. The maximum Gasteiger partial charge on any atom is 0.261 e. The van der Waals surface area contributed by atoms with Gasteiger partial charge in [0.1, 0.15) is 11.5 Å². The predicted molar refractivity (Wildman–Crippen MR) is 110 cm³/mol. The third kappa shape index (κ3) is 6.63. The van der Waals surface area contributed by atoms with Gasteiger partial charge in [0.2, 0.25) is 0 Å². The molecule has 0 radical (unpaired) electrons. The Morgan fingerprint density at radius 1 is 1.07 bits per heavy atom. The Hall–Kier alpha value is -2.49. The number of rotatable bonds is 10. The van der Waals surface area contributed by atoms with E-state index in [1.807, 2.05) is 58.0 Å². The highest BCUT2D eigenvalue weighted by atomic mass is 16.5. The average Bonchev–Trinajstić information content (AvgIpc) is 2.63. The molecule has 2 aromatic carbocycles. The van der Waals surface area contributed by atoms with Gasteiger partial charge >= 0.3 is 0 Å². The van der Waals surface area contributed by atoms with Crippen LogP contribution < -0.4 is 14.8 Å². The van der Waals surface area contributed by atoms with Crippen LogP contribution in [0.3, 0.4) is 0 Å². The van der Waals surface area contributed by atoms with E-state index in [-0.39, 0.29) is 5.91 Å². The number of hydrogen-bond acceptors (Lipinski definition) is 3. The highest BCUT2D eigenvalue weighted by Gasteiger charge is 2.18. The van der Waals surface area contributed by atoms with Gasteiger partial charge < -0.3 is 14.8 Å². The number of carbonyl (C=O) groups excluding carboxylic acids is 1. The maximum absolute atomic E-state index is 12.5. The highest BCUT2D eigenvalue weighted by Crippen LogP contribution is 2.20. The van der Waals surface area contributed by atoms with Crippen LogP contribution in [0.15, 0.2) is 42.5 Å². The zero-order valence-corrected chi connectivity index (χ0v) is 16.9. The van der Waals surface area contributed by atoms with Gasteiger partial charge in [0.05, 0.1) is 6.61 Å². The lowest BCUT2D eigenvalue weighted by molar-refractivity contribution is -0.128. The van der Waals surface area contributed by atoms with Crippen LogP contribution in [0, 0.1) is 13.8 Å². The quantitative estimate of drug-likeness (QED) is 0.622. The van der Waals surface area contributed by atoms with Crippen LogP contribution >= 0.6 is 0 Å². The number of hydrogen-bond donors (Lipinski definition) is 1. The van der Waals surface area contributed by atoms with Crippen LogP contribution in [0.1, 0.15) is 43.4 Å². The fraction of sp³-hybridized carbons (Fsp3) is 0.435. The molecule has 4 heteroatoms. The number of benzene rings is 2. The first-order valence-electron chi connectivity index (χ1n) is 9.76. The second-order valence-electron chi connectivity index (χ2n) is 6.77. The lowest BCUT2D eigenvalue weighted by atomic mass is 10.1. The first-order chi connectivity index (χ1) is 13.0. The lowest BCUT2D eigenvalue weighted by Gasteiger charge is -2.18. The fourth-order valence-electron chi connectivity index (χ4n) is 3.10. The first kappa shape index (κ1) is 20.8. The Kier molecular flexibility index (Phi) is 8.18. The molecular formula is C23H31NO3. The molecule has 0 spiro atoms. The molecule has 146 valence electrons. The van der Waals surface area contributed by atoms with E-state index in [1.54, 1.807) is 0 Å². The SMILES string of the molecule is CCOc1ccccc1CCCNC(=O)[C@@H](CC)Oc1cc(C)cc(C)c1. The molecule has 0 saturated heterocycles. The molecule has 0 aromatic heterocycles. The van der Waals surface area contributed by atoms with Crippen LogP contribution in [0.2, 0.25) is 0 Å². The van der Waals surface area contributed by atoms with Crippen LogP contribution in [0.5, 0.6) is 11.5 Å². The van der Waals surface area contributed by atoms with Crippen LogP contribution in [-0.4, -0.2) is 25.2 Å². The van der Waals surface area contributed by atoms with Crippen molar-refractivity contribution in [3.8, 4) is 11.5 Å². The summed E-state index contributed by atoms with van der Waals surface area (Å²) in [6, 6.07) is 14.1. The van der Waals surface area contributed by atoms with Crippen molar-refractivity contribution < 1.29 is 14.3 Å². The minimum absolute atomic E-state index is 0.0604. The summed E-state index contributed by atoms with van der Waals surface area (Å²) >= 11 is 0. The fourth-order valence-corrected chi connectivity index (χ4v) is 3.10. The number of nitrogens with one attached hydrogen (secondary N) is 1. The van der Waals surface area contributed by atoms with Gasteiger partial charge in [-0.15, -0.1) is 0 Å². The Labute approximate surface area is 162 Å². The predicted octanol–water partition coefficient (Wildman–Crippen LogP) is 4.61. The third-order valence-electron chi connectivity index (χ3n) is 4.33. The van der Waals surface area contributed by atoms with E-state index in [0.717, 1.165) is 35.5 Å². The van der Waals surface area contributed by atoms with E-state index in [9.17, 15) is 4.79 Å². The van der Waals surface area contributed by atoms with Crippen molar-refractivity contribution in [2.24, 2.45) is 0 Å². The molecule has 4 nitrogen and oxygen atoms in total. The molecule has 0 fully saturated rings. The van der Waals surface area contributed by atoms with Crippen molar-refractivity contribution in [2.45, 2.75) is 53.1 Å². The van der Waals surface area contributed by atoms with Crippen molar-refractivity contribution >= 4 is 5.91 Å². The van der Waals surface area contributed by atoms with Gasteiger partial charge in [-0.3, -0.25) is 4.79 Å². The molecule has 0 unspecified atom stereocenters. The van der Waals surface area contributed by atoms with Gasteiger partial charge in [-0.2, -0.15) is 0 Å². The standard InChI is InChI=1S/C23H31NO3/c1-5-21(27-20-15-17(3)14-18(4)16-20)23(25)24-13-9-11-19-10-7-8-12-22(19)26-6-2/h7-8,10,12,14-16,21H,5-6,9,11,13H2,1-4H3,(H,24,25)/t21-/m1/s1. The summed E-state index contributed by atoms with van der Waals surface area (Å²) in [7, 11) is 0. The molecule has 27 heavy (non-hydrogen) atoms. The number of ether oxygens (including phenoxy) is 2. The zero-order valence-electron chi connectivity index (χ0n) is 16.9. The summed E-state index contributed by atoms with van der Waals surface area (Å²) in [6.45, 7) is 9.28. The molecule has 1 atom stereocenters. The molecule has 2 rings (SSSR count). The van der Waals surface area contributed by atoms with Crippen molar-refractivity contribution in [2.75, 3.05) is 13.2 Å². The molecule has 1 amide bonds. The average molecular weight is 370 g/mol. The largest absolute Gasteiger partial charge is 0.494 e. The Morgan fingerprint density at radius 3 is 2.44 bits per heavy atom. The Balaban J connectivity index is 1.83. The first-order valence-corrected chi connectivity index (χ1v) is 9.76. The van der Waals surface area contributed by atoms with E-state index in [2.05, 4.69) is 17.4 Å². The molecule has 0 aliphatic rings. The van der Waals surface area contributed by atoms with Gasteiger partial charge in [0.15, 0.2) is 6.10 Å². The van der Waals surface area contributed by atoms with Crippen LogP contribution in [0.4, 0.5) is 0 Å². The number of aryl methyl sites for hydroxylation is 3. The van der Waals surface area contributed by atoms with Gasteiger partial charge in [0, 0.05) is 6.54 Å². The minimum Gasteiger partial charge on any atom is -0.494 e. The molecular weight excluding hydrogens is 338 g/mol. The zero-order chi connectivity index (χ0) is 19.6. The van der Waals surface area contributed by atoms with Crippen molar-refractivity contribution in [3.63, 3.8) is 0 Å². The number of carbonyl (C=O) groups is 1. The summed E-state index contributed by atoms with van der Waals surface area (Å²) in [6.07, 6.45) is 1.88. The lowest BCUT2D eigenvalue weighted by Crippen LogP contribution is -2.38. The van der Waals surface area contributed by atoms with Crippen molar-refractivity contribution in [1.29, 1.82) is 0 Å². The van der Waals surface area contributed by atoms with Crippen molar-refractivity contribution in [3.05, 3.63) is 59.2 Å². The van der Waals surface area contributed by atoms with E-state index in [0.29, 0.717) is 19.6 Å². The normalized spacial score (nSPS) is 11.7. The number of amides is 1. The summed E-state index contributed by atoms with van der Waals surface area (Å²) in [5.41, 5.74) is 3.44. The second kappa shape index (κ2) is 10.6. The third-order valence-corrected chi connectivity index (χ3v) is 4.33. The molecule has 2 aromatic rings. The van der Waals surface area contributed by atoms with E-state index in [4.69, 9.17) is 9.47 Å². The molecule has 0 bridgehead atoms. The molecule has 0 aliphatic heterocycles. The molecule has 0 heterocycles. The van der Waals surface area contributed by atoms with Gasteiger partial charge in [-0.05, 0) is 74.9 Å². The monoisotopic (exact) mass is 369 g/mol. The molecule has 0 saturated carbocycles. The Morgan fingerprint density at radius 2 is 1.78 bits per heavy atom.